The molecular weight excluding hydrogens is 202 g/mol. The van der Waals surface area contributed by atoms with Gasteiger partial charge in [-0.2, -0.15) is 0 Å². The Morgan fingerprint density at radius 1 is 1.25 bits per heavy atom. The Kier molecular flexibility index (Phi) is 5.81. The second-order valence-electron chi connectivity index (χ2n) is 4.89. The van der Waals surface area contributed by atoms with E-state index in [1.165, 1.54) is 12.8 Å². The molecule has 0 aromatic heterocycles. The van der Waals surface area contributed by atoms with Crippen LogP contribution in [0.5, 0.6) is 0 Å². The number of nitrogens with two attached hydrogens (primary N) is 1. The highest BCUT2D eigenvalue weighted by molar-refractivity contribution is 5.77. The van der Waals surface area contributed by atoms with Gasteiger partial charge < -0.3 is 10.5 Å². The maximum Gasteiger partial charge on any atom is 0.313 e. The summed E-state index contributed by atoms with van der Waals surface area (Å²) in [5, 5.41) is 0. The lowest BCUT2D eigenvalue weighted by molar-refractivity contribution is -0.155. The van der Waals surface area contributed by atoms with Crippen molar-refractivity contribution in [3.8, 4) is 0 Å². The molecule has 94 valence electrons. The number of carbonyl (C=O) groups is 1. The molecule has 2 N–H and O–H groups in total. The molecule has 0 radical (unpaired) electrons. The van der Waals surface area contributed by atoms with Gasteiger partial charge in [0.2, 0.25) is 0 Å². The van der Waals surface area contributed by atoms with Crippen LogP contribution in [0, 0.1) is 5.41 Å². The van der Waals surface area contributed by atoms with E-state index in [1.807, 2.05) is 0 Å². The first-order valence-corrected chi connectivity index (χ1v) is 6.62. The van der Waals surface area contributed by atoms with Crippen LogP contribution >= 0.6 is 0 Å². The fraction of sp³-hybridized carbons (Fsp3) is 0.923. The first-order valence-electron chi connectivity index (χ1n) is 6.62. The minimum atomic E-state index is -0.343. The largest absolute Gasteiger partial charge is 0.465 e. The highest BCUT2D eigenvalue weighted by atomic mass is 16.5. The van der Waals surface area contributed by atoms with Crippen molar-refractivity contribution in [2.75, 3.05) is 13.2 Å². The summed E-state index contributed by atoms with van der Waals surface area (Å²) in [6, 6.07) is 0. The first kappa shape index (κ1) is 13.5. The molecule has 1 fully saturated rings. The number of hydrogen-bond donors (Lipinski definition) is 1. The van der Waals surface area contributed by atoms with Gasteiger partial charge in [0, 0.05) is 6.54 Å². The number of carbonyl (C=O) groups excluding carboxylic acids is 1. The highest BCUT2D eigenvalue weighted by Gasteiger charge is 2.41. The predicted molar refractivity (Wildman–Crippen MR) is 65.1 cm³/mol. The van der Waals surface area contributed by atoms with Crippen LogP contribution in [-0.4, -0.2) is 19.1 Å². The molecule has 0 amide bonds. The summed E-state index contributed by atoms with van der Waals surface area (Å²) in [6.45, 7) is 3.19. The van der Waals surface area contributed by atoms with Gasteiger partial charge in [-0.05, 0) is 19.3 Å². The molecule has 1 aliphatic rings. The maximum atomic E-state index is 11.9. The Morgan fingerprint density at radius 3 is 2.50 bits per heavy atom. The van der Waals surface area contributed by atoms with Crippen LogP contribution in [0.15, 0.2) is 0 Å². The Hall–Kier alpha value is -0.570. The van der Waals surface area contributed by atoms with Crippen LogP contribution in [0.1, 0.15) is 58.3 Å². The van der Waals surface area contributed by atoms with Crippen molar-refractivity contribution in [2.24, 2.45) is 11.1 Å². The lowest BCUT2D eigenvalue weighted by Gasteiger charge is -2.24. The fourth-order valence-electron chi connectivity index (χ4n) is 2.39. The summed E-state index contributed by atoms with van der Waals surface area (Å²) >= 11 is 0. The number of hydrogen-bond acceptors (Lipinski definition) is 3. The second kappa shape index (κ2) is 6.89. The highest BCUT2D eigenvalue weighted by Crippen LogP contribution is 2.38. The molecule has 0 aromatic rings. The van der Waals surface area contributed by atoms with Crippen LogP contribution < -0.4 is 5.73 Å². The molecule has 3 nitrogen and oxygen atoms in total. The fourth-order valence-corrected chi connectivity index (χ4v) is 2.39. The van der Waals surface area contributed by atoms with E-state index >= 15 is 0 Å². The smallest absolute Gasteiger partial charge is 0.313 e. The van der Waals surface area contributed by atoms with Gasteiger partial charge in [-0.3, -0.25) is 4.79 Å². The zero-order chi connectivity index (χ0) is 11.9. The van der Waals surface area contributed by atoms with Gasteiger partial charge in [0.15, 0.2) is 0 Å². The van der Waals surface area contributed by atoms with Crippen molar-refractivity contribution in [3.63, 3.8) is 0 Å². The topological polar surface area (TPSA) is 52.3 Å². The minimum absolute atomic E-state index is 0.0519. The lowest BCUT2D eigenvalue weighted by Crippen LogP contribution is -2.37. The van der Waals surface area contributed by atoms with E-state index in [0.29, 0.717) is 13.2 Å². The average molecular weight is 227 g/mol. The van der Waals surface area contributed by atoms with E-state index in [2.05, 4.69) is 6.92 Å². The molecule has 0 unspecified atom stereocenters. The number of rotatable bonds is 7. The summed E-state index contributed by atoms with van der Waals surface area (Å²) in [7, 11) is 0. The number of esters is 1. The van der Waals surface area contributed by atoms with E-state index in [-0.39, 0.29) is 11.4 Å². The molecule has 1 saturated carbocycles. The van der Waals surface area contributed by atoms with Crippen molar-refractivity contribution in [1.29, 1.82) is 0 Å². The molecule has 0 aromatic carbocycles. The Labute approximate surface area is 98.7 Å². The van der Waals surface area contributed by atoms with E-state index in [0.717, 1.165) is 38.5 Å². The zero-order valence-electron chi connectivity index (χ0n) is 10.5. The second-order valence-corrected chi connectivity index (χ2v) is 4.89. The normalized spacial score (nSPS) is 18.6. The molecule has 0 spiro atoms. The first-order chi connectivity index (χ1) is 7.75. The molecule has 0 saturated heterocycles. The van der Waals surface area contributed by atoms with Gasteiger partial charge in [-0.15, -0.1) is 0 Å². The molecule has 0 aliphatic heterocycles. The van der Waals surface area contributed by atoms with E-state index in [4.69, 9.17) is 10.5 Å². The molecule has 0 bridgehead atoms. The van der Waals surface area contributed by atoms with Crippen LogP contribution in [0.25, 0.3) is 0 Å². The Morgan fingerprint density at radius 2 is 1.94 bits per heavy atom. The van der Waals surface area contributed by atoms with Gasteiger partial charge in [-0.25, -0.2) is 0 Å². The molecule has 1 rings (SSSR count). The Balaban J connectivity index is 2.22. The summed E-state index contributed by atoms with van der Waals surface area (Å²) in [6.07, 6.45) is 8.62. The van der Waals surface area contributed by atoms with Crippen LogP contribution in [-0.2, 0) is 9.53 Å². The third-order valence-electron chi connectivity index (χ3n) is 3.62. The summed E-state index contributed by atoms with van der Waals surface area (Å²) in [4.78, 5) is 11.9. The zero-order valence-corrected chi connectivity index (χ0v) is 10.5. The van der Waals surface area contributed by atoms with Crippen molar-refractivity contribution >= 4 is 5.97 Å². The Bertz CT molecular complexity index is 210. The van der Waals surface area contributed by atoms with Crippen molar-refractivity contribution in [1.82, 2.24) is 0 Å². The SMILES string of the molecule is CCCCCCOC(=O)C1(CN)CCCC1. The summed E-state index contributed by atoms with van der Waals surface area (Å²) in [5.41, 5.74) is 5.38. The number of ether oxygens (including phenoxy) is 1. The molecular formula is C13H25NO2. The van der Waals surface area contributed by atoms with Gasteiger partial charge in [-0.1, -0.05) is 39.0 Å². The summed E-state index contributed by atoms with van der Waals surface area (Å²) in [5.74, 6) is -0.0519. The average Bonchev–Trinajstić information content (AvgIpc) is 2.78. The third-order valence-corrected chi connectivity index (χ3v) is 3.62. The van der Waals surface area contributed by atoms with Crippen LogP contribution in [0.3, 0.4) is 0 Å². The molecule has 0 heterocycles. The predicted octanol–water partition coefficient (Wildman–Crippen LogP) is 2.63. The van der Waals surface area contributed by atoms with E-state index < -0.39 is 0 Å². The summed E-state index contributed by atoms with van der Waals surface area (Å²) < 4.78 is 5.35. The van der Waals surface area contributed by atoms with Crippen molar-refractivity contribution in [3.05, 3.63) is 0 Å². The minimum Gasteiger partial charge on any atom is -0.465 e. The van der Waals surface area contributed by atoms with E-state index in [9.17, 15) is 4.79 Å². The maximum absolute atomic E-state index is 11.9. The van der Waals surface area contributed by atoms with Gasteiger partial charge in [0.25, 0.3) is 0 Å². The van der Waals surface area contributed by atoms with Gasteiger partial charge >= 0.3 is 5.97 Å². The third kappa shape index (κ3) is 3.48. The molecule has 1 aliphatic carbocycles. The quantitative estimate of drug-likeness (QED) is 0.537. The van der Waals surface area contributed by atoms with Gasteiger partial charge in [0.1, 0.15) is 0 Å². The van der Waals surface area contributed by atoms with E-state index in [1.54, 1.807) is 0 Å². The monoisotopic (exact) mass is 227 g/mol. The van der Waals surface area contributed by atoms with Crippen molar-refractivity contribution in [2.45, 2.75) is 58.3 Å². The number of unbranched alkanes of at least 4 members (excludes halogenated alkanes) is 3. The lowest BCUT2D eigenvalue weighted by atomic mass is 9.86. The van der Waals surface area contributed by atoms with Crippen LogP contribution in [0.4, 0.5) is 0 Å². The molecule has 0 atom stereocenters. The molecule has 16 heavy (non-hydrogen) atoms. The van der Waals surface area contributed by atoms with Crippen LogP contribution in [0.2, 0.25) is 0 Å². The van der Waals surface area contributed by atoms with Gasteiger partial charge in [0.05, 0.1) is 12.0 Å². The van der Waals surface area contributed by atoms with Crippen molar-refractivity contribution < 1.29 is 9.53 Å². The molecule has 3 heteroatoms. The standard InChI is InChI=1S/C13H25NO2/c1-2-3-4-7-10-16-12(15)13(11-14)8-5-6-9-13/h2-11,14H2,1H3.